The lowest BCUT2D eigenvalue weighted by molar-refractivity contribution is 0.0977. The lowest BCUT2D eigenvalue weighted by Gasteiger charge is -2.19. The summed E-state index contributed by atoms with van der Waals surface area (Å²) in [6, 6.07) is 55.8. The van der Waals surface area contributed by atoms with Gasteiger partial charge < -0.3 is 53.5 Å². The maximum atomic E-state index is 13.4. The third-order valence-corrected chi connectivity index (χ3v) is 19.3. The summed E-state index contributed by atoms with van der Waals surface area (Å²) in [7, 11) is 7.36. The average Bonchev–Trinajstić information content (AvgIpc) is 1.65. The van der Waals surface area contributed by atoms with Gasteiger partial charge in [0.25, 0.3) is 5.91 Å². The van der Waals surface area contributed by atoms with Gasteiger partial charge in [0.2, 0.25) is 9.23 Å². The number of aromatic nitrogens is 8. The second-order valence-corrected chi connectivity index (χ2v) is 31.2. The fraction of sp³-hybridized carbons (Fsp3) is 0.303. The third kappa shape index (κ3) is 27.0. The molecule has 4 aliphatic rings. The van der Waals surface area contributed by atoms with Crippen LogP contribution in [-0.2, 0) is 28.6 Å². The molecule has 25 heteroatoms. The minimum absolute atomic E-state index is 0.00454. The lowest BCUT2D eigenvalue weighted by Crippen LogP contribution is -2.27. The molecule has 0 bridgehead atoms. The first kappa shape index (κ1) is 85.7. The predicted molar refractivity (Wildman–Crippen MR) is 456 cm³/mol. The number of nitrogens with zero attached hydrogens (tertiary/aromatic N) is 8. The maximum Gasteiger partial charge on any atom is 0.274 e. The van der Waals surface area contributed by atoms with E-state index in [1.165, 1.54) is 55.2 Å². The summed E-state index contributed by atoms with van der Waals surface area (Å²) in [6.07, 6.45) is 27.1. The minimum atomic E-state index is -1.67. The van der Waals surface area contributed by atoms with E-state index >= 15 is 0 Å². The van der Waals surface area contributed by atoms with Crippen LogP contribution in [-0.4, -0.2) is 105 Å². The van der Waals surface area contributed by atoms with Crippen molar-refractivity contribution in [3.8, 4) is 17.1 Å². The Balaban J connectivity index is 0.000000165. The number of ketones is 2. The highest BCUT2D eigenvalue weighted by Gasteiger charge is 2.28. The number of rotatable bonds is 30. The first-order chi connectivity index (χ1) is 55.4. The van der Waals surface area contributed by atoms with Crippen LogP contribution < -0.4 is 38.5 Å². The van der Waals surface area contributed by atoms with E-state index in [9.17, 15) is 19.5 Å². The van der Waals surface area contributed by atoms with Crippen LogP contribution in [0, 0.1) is 51.7 Å². The van der Waals surface area contributed by atoms with Gasteiger partial charge in [-0.05, 0) is 220 Å². The number of carbonyl (C=O) groups is 3. The number of carbonyl (C=O) groups excluding carboxylic acids is 3. The Kier molecular flexibility index (Phi) is 33.1. The number of aryl methyl sites for hydroxylation is 3. The predicted octanol–water partition coefficient (Wildman–Crippen LogP) is 16.3. The summed E-state index contributed by atoms with van der Waals surface area (Å²) in [5.74, 6) is 2.07. The molecule has 0 spiro atoms. The van der Waals surface area contributed by atoms with E-state index < -0.39 is 15.3 Å². The van der Waals surface area contributed by atoms with Crippen LogP contribution in [0.3, 0.4) is 0 Å². The van der Waals surface area contributed by atoms with Crippen molar-refractivity contribution in [1.82, 2.24) is 55.3 Å². The Morgan fingerprint density at radius 2 is 0.974 bits per heavy atom. The highest BCUT2D eigenvalue weighted by Crippen LogP contribution is 2.37. The molecule has 1 amide bonds. The van der Waals surface area contributed by atoms with Gasteiger partial charge in [-0.2, -0.15) is 15.3 Å². The van der Waals surface area contributed by atoms with Crippen molar-refractivity contribution in [2.24, 2.45) is 35.0 Å². The molecule has 3 saturated carbocycles. The Morgan fingerprint density at radius 1 is 0.544 bits per heavy atom. The number of aromatic amines is 2. The van der Waals surface area contributed by atoms with Gasteiger partial charge in [0.1, 0.15) is 17.1 Å². The molecule has 0 radical (unpaired) electrons. The van der Waals surface area contributed by atoms with E-state index in [-0.39, 0.29) is 36.0 Å². The zero-order valence-electron chi connectivity index (χ0n) is 64.6. The smallest absolute Gasteiger partial charge is 0.274 e. The molecular formula is C89H101Cl2N17O5S. The number of H-pyrrole nitrogens is 2. The molecule has 4 aliphatic carbocycles. The Bertz CT molecular complexity index is 5080. The first-order valence-corrected chi connectivity index (χ1v) is 41.4. The van der Waals surface area contributed by atoms with Crippen molar-refractivity contribution in [3.05, 3.63) is 327 Å². The van der Waals surface area contributed by atoms with Crippen LogP contribution in [0.1, 0.15) is 169 Å². The molecule has 6 aromatic carbocycles. The number of halogens is 2. The normalized spacial score (nSPS) is 13.8. The molecule has 0 saturated heterocycles. The fourth-order valence-electron chi connectivity index (χ4n) is 13.0. The van der Waals surface area contributed by atoms with Gasteiger partial charge in [-0.3, -0.25) is 14.4 Å². The zero-order chi connectivity index (χ0) is 80.7. The van der Waals surface area contributed by atoms with Crippen LogP contribution in [0.25, 0.3) is 26.8 Å². The molecule has 0 aliphatic heterocycles. The van der Waals surface area contributed by atoms with Crippen molar-refractivity contribution in [2.75, 3.05) is 44.6 Å². The molecular weight excluding hydrogens is 1490 g/mol. The number of nitrogens with one attached hydrogen (secondary N) is 6. The minimum Gasteiger partial charge on any atom is -0.388 e. The molecule has 13 N–H and O–H groups in total. The number of Topliss-reactive ketones (excluding diaryl/α,β-unsaturated/α-hetero) is 2. The van der Waals surface area contributed by atoms with E-state index in [0.29, 0.717) is 71.6 Å². The van der Waals surface area contributed by atoms with Gasteiger partial charge in [0.05, 0.1) is 65.5 Å². The molecule has 114 heavy (non-hydrogen) atoms. The lowest BCUT2D eigenvalue weighted by atomic mass is 9.97. The number of amides is 1. The third-order valence-electron chi connectivity index (χ3n) is 19.3. The Morgan fingerprint density at radius 3 is 1.40 bits per heavy atom. The average molecular weight is 1590 g/mol. The largest absolute Gasteiger partial charge is 0.388 e. The fourth-order valence-corrected chi connectivity index (χ4v) is 13.0. The van der Waals surface area contributed by atoms with Gasteiger partial charge in [-0.1, -0.05) is 134 Å². The second kappa shape index (κ2) is 44.0. The van der Waals surface area contributed by atoms with Crippen molar-refractivity contribution in [1.29, 1.82) is 0 Å². The van der Waals surface area contributed by atoms with Crippen LogP contribution in [0.2, 0.25) is 0 Å². The number of benzene rings is 6. The van der Waals surface area contributed by atoms with E-state index in [1.54, 1.807) is 50.4 Å². The van der Waals surface area contributed by atoms with Crippen molar-refractivity contribution in [3.63, 3.8) is 0 Å². The van der Waals surface area contributed by atoms with Gasteiger partial charge in [-0.25, -0.2) is 27.9 Å². The van der Waals surface area contributed by atoms with Crippen LogP contribution >= 0.6 is 21.4 Å². The highest BCUT2D eigenvalue weighted by molar-refractivity contribution is 8.26. The standard InChI is InChI=1S/C28H27N5O.C28H31N5O.C24H24N4O2.C5H6.C4H13N3.Cl2OS/c1-19-13-26(33(32-19)25-8-4-7-24(16-25)29-2)27(34)15-21-5-3-6-22(14-21)28(23-11-12-30-18-23)31-17-20-9-10-20;1-19-12-26(33(32-19)25-7-3-5-22(14-25)16-29)27(34)15-21-4-2-6-23(13-21)28(24-10-11-30-18-24)31-17-20-8-9-20;1-16-13-22(28(27-16)21-8-4-6-19(15-21)25-2)24(30)26-20-7-3-5-18(14-20)23(29)12-11-17-9-10-17;1-2-4-5-3-1;5-1-3-7-4-2-6;1-4(2)3/h3-8,11-14,16,18,20,28,30-31H,9-10,15,17H2,1H3;2-7,10-14,18,20,28,30-31H,8-9,15-17,29H2,1H3;3-8,13-15,17,23,29H,9-12H2,1H3,(H,26,30);1-4H,5H2;7H,1-6H2;. The number of anilines is 1. The summed E-state index contributed by atoms with van der Waals surface area (Å²) in [4.78, 5) is 53.0. The van der Waals surface area contributed by atoms with Gasteiger partial charge in [0.15, 0.2) is 22.9 Å². The first-order valence-electron chi connectivity index (χ1n) is 38.6. The SMILES string of the molecule is C1=CCC=C1.Cc1cc(C(=O)Cc2cccc(C(NCC3CC3)c3cc[nH]c3)c2)n(-c2cccc(CN)c2)n1.NCCNCCN.O=S(Cl)Cl.[C-]#[N+]c1cccc(-n2nc(C)cc2C(=O)Cc2cccc(C(NCC3CC3)c3cc[nH]c3)c2)c1.[C-]#[N+]c1cccc(-n2nc(C)cc2C(=O)Nc2cccc(C(O)CCC3CC3)c2)c1. The van der Waals surface area contributed by atoms with Crippen molar-refractivity contribution >= 4 is 65.1 Å². The maximum absolute atomic E-state index is 13.4. The summed E-state index contributed by atoms with van der Waals surface area (Å²) in [6.45, 7) is 25.7. The van der Waals surface area contributed by atoms with Crippen LogP contribution in [0.5, 0.6) is 0 Å². The molecule has 5 heterocycles. The highest BCUT2D eigenvalue weighted by atomic mass is 36.0. The summed E-state index contributed by atoms with van der Waals surface area (Å²) < 4.78 is 14.0. The van der Waals surface area contributed by atoms with Gasteiger partial charge in [0, 0.05) is 97.4 Å². The molecule has 3 fully saturated rings. The quantitative estimate of drug-likeness (QED) is 0.00867. The number of aliphatic hydroxyl groups is 1. The Hall–Kier alpha value is -10.8. The molecule has 592 valence electrons. The van der Waals surface area contributed by atoms with E-state index in [0.717, 1.165) is 114 Å². The summed E-state index contributed by atoms with van der Waals surface area (Å²) in [5.41, 5.74) is 32.3. The van der Waals surface area contributed by atoms with Crippen molar-refractivity contribution in [2.45, 2.75) is 116 Å². The molecule has 11 aromatic rings. The molecule has 15 rings (SSSR count). The van der Waals surface area contributed by atoms with Gasteiger partial charge >= 0.3 is 0 Å². The number of nitrogens with two attached hydrogens (primary N) is 3. The summed E-state index contributed by atoms with van der Waals surface area (Å²) in [5, 5.41) is 37.4. The number of aliphatic hydroxyl groups excluding tert-OH is 1. The monoisotopic (exact) mass is 1590 g/mol. The molecule has 3 unspecified atom stereocenters. The number of allylic oxidation sites excluding steroid dienone is 4. The number of hydrogen-bond donors (Lipinski definition) is 10. The zero-order valence-corrected chi connectivity index (χ0v) is 66.9. The molecule has 22 nitrogen and oxygen atoms in total. The second-order valence-electron chi connectivity index (χ2n) is 28.7. The van der Waals surface area contributed by atoms with Crippen LogP contribution in [0.15, 0.2) is 225 Å². The summed E-state index contributed by atoms with van der Waals surface area (Å²) >= 11 is 0. The van der Waals surface area contributed by atoms with Gasteiger partial charge in [-0.15, -0.1) is 0 Å². The van der Waals surface area contributed by atoms with Crippen molar-refractivity contribution < 1.29 is 23.7 Å². The molecule has 3 atom stereocenters. The topological polar surface area (TPSA) is 308 Å². The Labute approximate surface area is 679 Å². The van der Waals surface area contributed by atoms with E-state index in [1.807, 2.05) is 149 Å². The molecule has 5 aromatic heterocycles. The van der Waals surface area contributed by atoms with E-state index in [2.05, 4.69) is 138 Å². The number of hydrogen-bond acceptors (Lipinski definition) is 14. The van der Waals surface area contributed by atoms with E-state index in [4.69, 9.17) is 34.6 Å². The van der Waals surface area contributed by atoms with Crippen LogP contribution in [0.4, 0.5) is 17.1 Å².